The highest BCUT2D eigenvalue weighted by Gasteiger charge is 2.32. The van der Waals surface area contributed by atoms with Gasteiger partial charge in [0.2, 0.25) is 0 Å². The van der Waals surface area contributed by atoms with E-state index in [2.05, 4.69) is 6.92 Å². The van der Waals surface area contributed by atoms with Gasteiger partial charge >= 0.3 is 0 Å². The number of hydrogen-bond acceptors (Lipinski definition) is 4. The Morgan fingerprint density at radius 2 is 2.08 bits per heavy atom. The Hall–Kier alpha value is -0.160. The standard InChI is InChI=1S/C8H15O4/c1-4-8(9-2,10-3)12-6-7-5-11-7/h7H,1,4-6H2,2-3H3. The van der Waals surface area contributed by atoms with Crippen LogP contribution in [0.3, 0.4) is 0 Å². The predicted octanol–water partition coefficient (Wildman–Crippen LogP) is 0.573. The van der Waals surface area contributed by atoms with E-state index in [4.69, 9.17) is 18.9 Å². The lowest BCUT2D eigenvalue weighted by Crippen LogP contribution is -2.37. The Kier molecular flexibility index (Phi) is 3.46. The zero-order valence-electron chi connectivity index (χ0n) is 7.54. The summed E-state index contributed by atoms with van der Waals surface area (Å²) in [7, 11) is 3.06. The van der Waals surface area contributed by atoms with Crippen molar-refractivity contribution < 1.29 is 18.9 Å². The normalized spacial score (nSPS) is 22.8. The van der Waals surface area contributed by atoms with E-state index in [1.165, 1.54) is 14.2 Å². The fourth-order valence-corrected chi connectivity index (χ4v) is 0.862. The van der Waals surface area contributed by atoms with Crippen LogP contribution in [0.1, 0.15) is 6.42 Å². The third kappa shape index (κ3) is 2.42. The first-order chi connectivity index (χ1) is 5.76. The molecule has 0 N–H and O–H groups in total. The first-order valence-corrected chi connectivity index (χ1v) is 3.91. The SMILES string of the molecule is [CH2]CC(OC)(OC)OCC1CO1. The highest BCUT2D eigenvalue weighted by atomic mass is 16.9. The van der Waals surface area contributed by atoms with Crippen LogP contribution in [0, 0.1) is 6.92 Å². The molecule has 0 aromatic carbocycles. The van der Waals surface area contributed by atoms with Crippen LogP contribution in [0.25, 0.3) is 0 Å². The van der Waals surface area contributed by atoms with Crippen molar-refractivity contribution in [1.82, 2.24) is 0 Å². The molecule has 71 valence electrons. The molecule has 1 saturated heterocycles. The second-order valence-corrected chi connectivity index (χ2v) is 2.61. The topological polar surface area (TPSA) is 40.2 Å². The molecular formula is C8H15O4. The van der Waals surface area contributed by atoms with Gasteiger partial charge in [0.1, 0.15) is 6.10 Å². The van der Waals surface area contributed by atoms with E-state index in [1.807, 2.05) is 0 Å². The Morgan fingerprint density at radius 3 is 2.42 bits per heavy atom. The molecule has 1 radical (unpaired) electrons. The summed E-state index contributed by atoms with van der Waals surface area (Å²) in [5.41, 5.74) is 0. The summed E-state index contributed by atoms with van der Waals surface area (Å²) in [6.45, 7) is 4.94. The smallest absolute Gasteiger partial charge is 0.282 e. The molecule has 4 heteroatoms. The molecule has 1 aliphatic heterocycles. The van der Waals surface area contributed by atoms with Crippen LogP contribution in [-0.4, -0.2) is 39.5 Å². The molecule has 0 bridgehead atoms. The molecule has 12 heavy (non-hydrogen) atoms. The number of rotatable bonds is 6. The molecule has 1 rings (SSSR count). The van der Waals surface area contributed by atoms with Crippen molar-refractivity contribution in [1.29, 1.82) is 0 Å². The molecule has 0 saturated carbocycles. The van der Waals surface area contributed by atoms with E-state index in [0.717, 1.165) is 6.61 Å². The van der Waals surface area contributed by atoms with Crippen molar-refractivity contribution in [2.45, 2.75) is 18.5 Å². The van der Waals surface area contributed by atoms with Gasteiger partial charge in [-0.3, -0.25) is 0 Å². The fraction of sp³-hybridized carbons (Fsp3) is 0.875. The van der Waals surface area contributed by atoms with Gasteiger partial charge in [0.05, 0.1) is 13.2 Å². The lowest BCUT2D eigenvalue weighted by molar-refractivity contribution is -0.361. The average Bonchev–Trinajstić information content (AvgIpc) is 2.92. The molecule has 0 amide bonds. The van der Waals surface area contributed by atoms with Gasteiger partial charge in [0, 0.05) is 20.6 Å². The summed E-state index contributed by atoms with van der Waals surface area (Å²) < 4.78 is 20.5. The van der Waals surface area contributed by atoms with Gasteiger partial charge in [-0.05, 0) is 6.92 Å². The van der Waals surface area contributed by atoms with Gasteiger partial charge in [-0.1, -0.05) is 0 Å². The molecule has 0 aromatic heterocycles. The Labute approximate surface area is 72.7 Å². The highest BCUT2D eigenvalue weighted by molar-refractivity contribution is 4.69. The van der Waals surface area contributed by atoms with Crippen molar-refractivity contribution in [3.8, 4) is 0 Å². The van der Waals surface area contributed by atoms with E-state index < -0.39 is 5.97 Å². The molecule has 1 atom stereocenters. The number of epoxide rings is 1. The molecular weight excluding hydrogens is 160 g/mol. The maximum atomic E-state index is 5.37. The summed E-state index contributed by atoms with van der Waals surface area (Å²) in [5.74, 6) is -0.994. The third-order valence-corrected chi connectivity index (χ3v) is 1.82. The minimum Gasteiger partial charge on any atom is -0.371 e. The van der Waals surface area contributed by atoms with Crippen molar-refractivity contribution >= 4 is 0 Å². The van der Waals surface area contributed by atoms with Gasteiger partial charge in [0.25, 0.3) is 5.97 Å². The summed E-state index contributed by atoms with van der Waals surface area (Å²) in [5, 5.41) is 0. The second-order valence-electron chi connectivity index (χ2n) is 2.61. The molecule has 1 unspecified atom stereocenters. The highest BCUT2D eigenvalue weighted by Crippen LogP contribution is 2.20. The molecule has 1 fully saturated rings. The van der Waals surface area contributed by atoms with Crippen LogP contribution in [0.4, 0.5) is 0 Å². The monoisotopic (exact) mass is 175 g/mol. The van der Waals surface area contributed by atoms with Crippen molar-refractivity contribution in [3.63, 3.8) is 0 Å². The number of hydrogen-bond donors (Lipinski definition) is 0. The Bertz CT molecular complexity index is 121. The molecule has 0 spiro atoms. The van der Waals surface area contributed by atoms with Gasteiger partial charge in [-0.25, -0.2) is 0 Å². The van der Waals surface area contributed by atoms with Crippen molar-refractivity contribution in [2.75, 3.05) is 27.4 Å². The van der Waals surface area contributed by atoms with Crippen LogP contribution in [0.2, 0.25) is 0 Å². The van der Waals surface area contributed by atoms with E-state index in [9.17, 15) is 0 Å². The minimum absolute atomic E-state index is 0.209. The number of ether oxygens (including phenoxy) is 4. The van der Waals surface area contributed by atoms with Crippen LogP contribution >= 0.6 is 0 Å². The zero-order chi connectivity index (χ0) is 9.03. The lowest BCUT2D eigenvalue weighted by atomic mass is 10.4. The van der Waals surface area contributed by atoms with Crippen molar-refractivity contribution in [3.05, 3.63) is 6.92 Å². The molecule has 0 aromatic rings. The maximum Gasteiger partial charge on any atom is 0.282 e. The lowest BCUT2D eigenvalue weighted by Gasteiger charge is -2.28. The summed E-state index contributed by atoms with van der Waals surface area (Å²) in [6, 6.07) is 0. The molecule has 1 aliphatic rings. The average molecular weight is 175 g/mol. The predicted molar refractivity (Wildman–Crippen MR) is 42.4 cm³/mol. The molecule has 0 aliphatic carbocycles. The first-order valence-electron chi connectivity index (χ1n) is 3.91. The van der Waals surface area contributed by atoms with Crippen LogP contribution in [0.5, 0.6) is 0 Å². The van der Waals surface area contributed by atoms with Crippen molar-refractivity contribution in [2.24, 2.45) is 0 Å². The van der Waals surface area contributed by atoms with Gasteiger partial charge in [0.15, 0.2) is 0 Å². The van der Waals surface area contributed by atoms with E-state index in [0.29, 0.717) is 13.0 Å². The van der Waals surface area contributed by atoms with E-state index in [-0.39, 0.29) is 6.10 Å². The van der Waals surface area contributed by atoms with Crippen LogP contribution in [0.15, 0.2) is 0 Å². The summed E-state index contributed by atoms with van der Waals surface area (Å²) in [4.78, 5) is 0. The largest absolute Gasteiger partial charge is 0.371 e. The van der Waals surface area contributed by atoms with Gasteiger partial charge in [-0.2, -0.15) is 0 Å². The van der Waals surface area contributed by atoms with Gasteiger partial charge in [-0.15, -0.1) is 0 Å². The summed E-state index contributed by atoms with van der Waals surface area (Å²) >= 11 is 0. The fourth-order valence-electron chi connectivity index (χ4n) is 0.862. The van der Waals surface area contributed by atoms with Crippen LogP contribution in [-0.2, 0) is 18.9 Å². The quantitative estimate of drug-likeness (QED) is 0.437. The maximum absolute atomic E-state index is 5.37. The molecule has 1 heterocycles. The van der Waals surface area contributed by atoms with Crippen LogP contribution < -0.4 is 0 Å². The van der Waals surface area contributed by atoms with E-state index in [1.54, 1.807) is 0 Å². The minimum atomic E-state index is -0.994. The Morgan fingerprint density at radius 1 is 1.50 bits per heavy atom. The van der Waals surface area contributed by atoms with E-state index >= 15 is 0 Å². The first kappa shape index (κ1) is 9.92. The zero-order valence-corrected chi connectivity index (χ0v) is 7.54. The second kappa shape index (κ2) is 4.18. The Balaban J connectivity index is 2.28. The summed E-state index contributed by atoms with van der Waals surface area (Å²) in [6.07, 6.45) is 0.619. The number of methoxy groups -OCH3 is 2. The van der Waals surface area contributed by atoms with Gasteiger partial charge < -0.3 is 18.9 Å². The third-order valence-electron chi connectivity index (χ3n) is 1.82. The molecule has 4 nitrogen and oxygen atoms in total.